The molecule has 7 nitrogen and oxygen atoms in total. The van der Waals surface area contributed by atoms with E-state index < -0.39 is 0 Å². The highest BCUT2D eigenvalue weighted by Crippen LogP contribution is 2.24. The van der Waals surface area contributed by atoms with Crippen LogP contribution in [0.5, 0.6) is 5.75 Å². The van der Waals surface area contributed by atoms with Crippen LogP contribution in [0, 0.1) is 0 Å². The van der Waals surface area contributed by atoms with Gasteiger partial charge in [-0.1, -0.05) is 42.1 Å². The van der Waals surface area contributed by atoms with Crippen molar-refractivity contribution in [3.05, 3.63) is 72.3 Å². The summed E-state index contributed by atoms with van der Waals surface area (Å²) >= 11 is 1.25. The largest absolute Gasteiger partial charge is 0.492 e. The average Bonchev–Trinajstić information content (AvgIpc) is 2.75. The van der Waals surface area contributed by atoms with Gasteiger partial charge in [0, 0.05) is 5.56 Å². The number of hydrogen-bond donors (Lipinski definition) is 2. The molecule has 1 heterocycles. The minimum absolute atomic E-state index is 0.171. The van der Waals surface area contributed by atoms with Crippen LogP contribution in [-0.4, -0.2) is 34.4 Å². The minimum atomic E-state index is -0.257. The molecule has 2 aromatic carbocycles. The van der Waals surface area contributed by atoms with E-state index in [4.69, 9.17) is 4.74 Å². The molecule has 148 valence electrons. The number of ether oxygens (including phenoxy) is 1. The van der Waals surface area contributed by atoms with Gasteiger partial charge < -0.3 is 15.4 Å². The summed E-state index contributed by atoms with van der Waals surface area (Å²) in [5, 5.41) is 14.1. The maximum absolute atomic E-state index is 12.2. The Morgan fingerprint density at radius 2 is 1.69 bits per heavy atom. The number of benzene rings is 2. The molecule has 29 heavy (non-hydrogen) atoms. The third kappa shape index (κ3) is 6.05. The van der Waals surface area contributed by atoms with E-state index in [0.717, 1.165) is 0 Å². The molecule has 2 N–H and O–H groups in total. The standard InChI is InChI=1S/C21H20N4O3S/c1-2-28-17-11-7-6-10-16(17)22-19(26)14-29-20-13-12-18(24-25-20)23-21(27)15-8-4-3-5-9-15/h3-13H,2,14H2,1H3,(H,22,26)(H,23,24,27). The lowest BCUT2D eigenvalue weighted by molar-refractivity contribution is -0.113. The molecule has 0 aliphatic rings. The number of nitrogens with zero attached hydrogens (tertiary/aromatic N) is 2. The normalized spacial score (nSPS) is 10.2. The third-order valence-electron chi connectivity index (χ3n) is 3.73. The Morgan fingerprint density at radius 3 is 2.41 bits per heavy atom. The van der Waals surface area contributed by atoms with Crippen LogP contribution in [0.1, 0.15) is 17.3 Å². The molecule has 0 unspecified atom stereocenters. The van der Waals surface area contributed by atoms with Gasteiger partial charge >= 0.3 is 0 Å². The van der Waals surface area contributed by atoms with Gasteiger partial charge in [-0.3, -0.25) is 9.59 Å². The zero-order valence-electron chi connectivity index (χ0n) is 15.8. The number of amides is 2. The molecule has 0 saturated carbocycles. The van der Waals surface area contributed by atoms with E-state index in [2.05, 4.69) is 20.8 Å². The van der Waals surface area contributed by atoms with Gasteiger partial charge in [0.25, 0.3) is 5.91 Å². The van der Waals surface area contributed by atoms with Crippen molar-refractivity contribution in [1.29, 1.82) is 0 Å². The Hall–Kier alpha value is -3.39. The Labute approximate surface area is 172 Å². The van der Waals surface area contributed by atoms with Gasteiger partial charge in [-0.2, -0.15) is 0 Å². The van der Waals surface area contributed by atoms with Crippen molar-refractivity contribution in [2.45, 2.75) is 11.9 Å². The number of anilines is 2. The van der Waals surface area contributed by atoms with E-state index >= 15 is 0 Å². The van der Waals surface area contributed by atoms with Crippen molar-refractivity contribution in [3.63, 3.8) is 0 Å². The number of aromatic nitrogens is 2. The van der Waals surface area contributed by atoms with E-state index in [1.807, 2.05) is 25.1 Å². The maximum Gasteiger partial charge on any atom is 0.256 e. The van der Waals surface area contributed by atoms with Crippen molar-refractivity contribution in [2.24, 2.45) is 0 Å². The molecule has 0 aliphatic heterocycles. The number of para-hydroxylation sites is 2. The number of nitrogens with one attached hydrogen (secondary N) is 2. The predicted molar refractivity (Wildman–Crippen MR) is 113 cm³/mol. The molecule has 0 atom stereocenters. The monoisotopic (exact) mass is 408 g/mol. The Balaban J connectivity index is 1.51. The highest BCUT2D eigenvalue weighted by Gasteiger charge is 2.10. The maximum atomic E-state index is 12.2. The smallest absolute Gasteiger partial charge is 0.256 e. The SMILES string of the molecule is CCOc1ccccc1NC(=O)CSc1ccc(NC(=O)c2ccccc2)nn1. The van der Waals surface area contributed by atoms with Crippen LogP contribution >= 0.6 is 11.8 Å². The molecule has 3 rings (SSSR count). The average molecular weight is 408 g/mol. The first-order chi connectivity index (χ1) is 14.2. The molecule has 3 aromatic rings. The van der Waals surface area contributed by atoms with Crippen molar-refractivity contribution in [1.82, 2.24) is 10.2 Å². The fraction of sp³-hybridized carbons (Fsp3) is 0.143. The van der Waals surface area contributed by atoms with Crippen LogP contribution in [0.25, 0.3) is 0 Å². The van der Waals surface area contributed by atoms with Crippen LogP contribution in [0.15, 0.2) is 71.8 Å². The summed E-state index contributed by atoms with van der Waals surface area (Å²) in [6, 6.07) is 19.5. The highest BCUT2D eigenvalue weighted by molar-refractivity contribution is 7.99. The second kappa shape index (κ2) is 10.2. The Morgan fingerprint density at radius 1 is 0.931 bits per heavy atom. The summed E-state index contributed by atoms with van der Waals surface area (Å²) in [5.41, 5.74) is 1.17. The lowest BCUT2D eigenvalue weighted by atomic mass is 10.2. The van der Waals surface area contributed by atoms with Crippen molar-refractivity contribution < 1.29 is 14.3 Å². The minimum Gasteiger partial charge on any atom is -0.492 e. The van der Waals surface area contributed by atoms with Crippen LogP contribution in [0.2, 0.25) is 0 Å². The zero-order valence-corrected chi connectivity index (χ0v) is 16.6. The first-order valence-corrected chi connectivity index (χ1v) is 9.99. The van der Waals surface area contributed by atoms with Crippen LogP contribution in [-0.2, 0) is 4.79 Å². The molecule has 2 amide bonds. The van der Waals surface area contributed by atoms with Gasteiger partial charge in [-0.05, 0) is 43.3 Å². The Kier molecular flexibility index (Phi) is 7.18. The Bertz CT molecular complexity index is 965. The van der Waals surface area contributed by atoms with Crippen LogP contribution in [0.4, 0.5) is 11.5 Å². The molecule has 8 heteroatoms. The van der Waals surface area contributed by atoms with E-state index in [9.17, 15) is 9.59 Å². The van der Waals surface area contributed by atoms with Gasteiger partial charge in [0.05, 0.1) is 18.0 Å². The van der Waals surface area contributed by atoms with Crippen LogP contribution < -0.4 is 15.4 Å². The van der Waals surface area contributed by atoms with E-state index in [1.54, 1.807) is 48.5 Å². The summed E-state index contributed by atoms with van der Waals surface area (Å²) in [7, 11) is 0. The highest BCUT2D eigenvalue weighted by atomic mass is 32.2. The number of hydrogen-bond acceptors (Lipinski definition) is 6. The summed E-state index contributed by atoms with van der Waals surface area (Å²) < 4.78 is 5.50. The molecule has 0 bridgehead atoms. The van der Waals surface area contributed by atoms with Gasteiger partial charge in [-0.25, -0.2) is 0 Å². The predicted octanol–water partition coefficient (Wildman–Crippen LogP) is 3.86. The summed E-state index contributed by atoms with van der Waals surface area (Å²) in [4.78, 5) is 24.3. The van der Waals surface area contributed by atoms with E-state index in [1.165, 1.54) is 11.8 Å². The lowest BCUT2D eigenvalue weighted by Crippen LogP contribution is -2.15. The topological polar surface area (TPSA) is 93.2 Å². The molecular weight excluding hydrogens is 388 g/mol. The van der Waals surface area contributed by atoms with Gasteiger partial charge in [0.15, 0.2) is 5.82 Å². The van der Waals surface area contributed by atoms with Crippen LogP contribution in [0.3, 0.4) is 0 Å². The number of rotatable bonds is 8. The number of carbonyl (C=O) groups is 2. The molecule has 0 radical (unpaired) electrons. The summed E-state index contributed by atoms with van der Waals surface area (Å²) in [6.45, 7) is 2.41. The van der Waals surface area contributed by atoms with Crippen molar-refractivity contribution in [3.8, 4) is 5.75 Å². The van der Waals surface area contributed by atoms with Gasteiger partial charge in [-0.15, -0.1) is 10.2 Å². The zero-order chi connectivity index (χ0) is 20.5. The molecule has 0 spiro atoms. The fourth-order valence-electron chi connectivity index (χ4n) is 2.42. The molecule has 0 aliphatic carbocycles. The van der Waals surface area contributed by atoms with Gasteiger partial charge in [0.2, 0.25) is 5.91 Å². The molecule has 1 aromatic heterocycles. The van der Waals surface area contributed by atoms with Crippen molar-refractivity contribution >= 4 is 35.1 Å². The first-order valence-electron chi connectivity index (χ1n) is 9.00. The van der Waals surface area contributed by atoms with Crippen molar-refractivity contribution in [2.75, 3.05) is 23.0 Å². The fourth-order valence-corrected chi connectivity index (χ4v) is 3.03. The summed E-state index contributed by atoms with van der Waals surface area (Å²) in [6.07, 6.45) is 0. The second-order valence-corrected chi connectivity index (χ2v) is 6.84. The molecular formula is C21H20N4O3S. The van der Waals surface area contributed by atoms with Gasteiger partial charge in [0.1, 0.15) is 10.8 Å². The summed E-state index contributed by atoms with van der Waals surface area (Å²) in [5.74, 6) is 0.716. The molecule has 0 fully saturated rings. The lowest BCUT2D eigenvalue weighted by Gasteiger charge is -2.11. The quantitative estimate of drug-likeness (QED) is 0.550. The molecule has 0 saturated heterocycles. The van der Waals surface area contributed by atoms with E-state index in [-0.39, 0.29) is 17.6 Å². The number of thioether (sulfide) groups is 1. The first kappa shape index (κ1) is 20.3. The second-order valence-electron chi connectivity index (χ2n) is 5.84. The number of carbonyl (C=O) groups excluding carboxylic acids is 2. The third-order valence-corrected chi connectivity index (χ3v) is 4.65. The van der Waals surface area contributed by atoms with E-state index in [0.29, 0.717) is 34.5 Å².